The second-order valence-electron chi connectivity index (χ2n) is 9.37. The quantitative estimate of drug-likeness (QED) is 0.682. The van der Waals surface area contributed by atoms with Gasteiger partial charge in [0.15, 0.2) is 12.4 Å². The van der Waals surface area contributed by atoms with Gasteiger partial charge in [-0.3, -0.25) is 9.59 Å². The average molecular weight is 418 g/mol. The Hall–Kier alpha value is -1.76. The van der Waals surface area contributed by atoms with Crippen molar-refractivity contribution in [3.8, 4) is 0 Å². The smallest absolute Gasteiger partial charge is 0.330 e. The number of carbonyl (C=O) groups excluding carboxylic acids is 3. The van der Waals surface area contributed by atoms with Crippen molar-refractivity contribution >= 4 is 29.4 Å². The zero-order chi connectivity index (χ0) is 20.2. The Bertz CT molecular complexity index is 784. The number of furan rings is 1. The normalized spacial score (nSPS) is 37.7. The van der Waals surface area contributed by atoms with E-state index in [4.69, 9.17) is 9.15 Å². The first-order chi connectivity index (χ1) is 13.9. The number of hydrogen-bond donors (Lipinski definition) is 0. The molecule has 2 atom stereocenters. The molecule has 4 bridgehead atoms. The van der Waals surface area contributed by atoms with Gasteiger partial charge in [0.05, 0.1) is 6.26 Å². The lowest BCUT2D eigenvalue weighted by Gasteiger charge is -2.55. The summed E-state index contributed by atoms with van der Waals surface area (Å²) in [5.74, 6) is 2.51. The second-order valence-corrected chi connectivity index (χ2v) is 10.5. The van der Waals surface area contributed by atoms with Crippen LogP contribution in [-0.2, 0) is 19.1 Å². The van der Waals surface area contributed by atoms with Crippen LogP contribution in [0.2, 0.25) is 0 Å². The Morgan fingerprint density at radius 1 is 1.17 bits per heavy atom. The molecule has 6 nitrogen and oxygen atoms in total. The lowest BCUT2D eigenvalue weighted by atomic mass is 9.48. The molecule has 156 valence electrons. The molecule has 2 heterocycles. The molecular weight excluding hydrogens is 390 g/mol. The molecule has 29 heavy (non-hydrogen) atoms. The van der Waals surface area contributed by atoms with Crippen LogP contribution in [0.1, 0.15) is 56.6 Å². The Labute approximate surface area is 174 Å². The molecule has 6 rings (SSSR count). The molecule has 0 N–H and O–H groups in total. The van der Waals surface area contributed by atoms with Crippen molar-refractivity contribution in [2.45, 2.75) is 56.9 Å². The number of thioether (sulfide) groups is 1. The molecule has 1 amide bonds. The lowest BCUT2D eigenvalue weighted by Crippen LogP contribution is -2.51. The molecule has 1 aliphatic heterocycles. The minimum Gasteiger partial charge on any atom is -0.466 e. The van der Waals surface area contributed by atoms with Crippen molar-refractivity contribution in [1.29, 1.82) is 0 Å². The highest BCUT2D eigenvalue weighted by Gasteiger charge is 2.54. The molecule has 0 spiro atoms. The highest BCUT2D eigenvalue weighted by molar-refractivity contribution is 7.99. The largest absolute Gasteiger partial charge is 0.466 e. The first-order valence-electron chi connectivity index (χ1n) is 10.6. The number of ketones is 1. The summed E-state index contributed by atoms with van der Waals surface area (Å²) < 4.78 is 10.9. The molecule has 0 radical (unpaired) electrons. The van der Waals surface area contributed by atoms with E-state index >= 15 is 0 Å². The zero-order valence-electron chi connectivity index (χ0n) is 16.7. The number of nitrogens with zero attached hydrogens (tertiary/aromatic N) is 1. The third-order valence-corrected chi connectivity index (χ3v) is 8.68. The fourth-order valence-corrected chi connectivity index (χ4v) is 7.98. The summed E-state index contributed by atoms with van der Waals surface area (Å²) in [4.78, 5) is 39.6. The summed E-state index contributed by atoms with van der Waals surface area (Å²) in [6.45, 7) is 1.28. The van der Waals surface area contributed by atoms with Gasteiger partial charge < -0.3 is 14.1 Å². The highest BCUT2D eigenvalue weighted by atomic mass is 32.2. The predicted octanol–water partition coefficient (Wildman–Crippen LogP) is 3.57. The van der Waals surface area contributed by atoms with Crippen LogP contribution in [0.15, 0.2) is 22.8 Å². The molecule has 4 saturated carbocycles. The number of esters is 1. The molecule has 4 aliphatic carbocycles. The van der Waals surface area contributed by atoms with E-state index < -0.39 is 12.0 Å². The summed E-state index contributed by atoms with van der Waals surface area (Å²) in [7, 11) is 0. The van der Waals surface area contributed by atoms with Gasteiger partial charge in [-0.2, -0.15) is 0 Å². The Morgan fingerprint density at radius 3 is 2.38 bits per heavy atom. The molecule has 1 aromatic rings. The van der Waals surface area contributed by atoms with Gasteiger partial charge in [0, 0.05) is 18.1 Å². The molecule has 1 saturated heterocycles. The summed E-state index contributed by atoms with van der Waals surface area (Å²) >= 11 is 1.48. The van der Waals surface area contributed by atoms with Gasteiger partial charge in [0.25, 0.3) is 0 Å². The third-order valence-electron chi connectivity index (χ3n) is 7.40. The molecule has 0 unspecified atom stereocenters. The number of ether oxygens (including phenoxy) is 1. The van der Waals surface area contributed by atoms with E-state index in [0.29, 0.717) is 29.3 Å². The van der Waals surface area contributed by atoms with Crippen LogP contribution in [-0.4, -0.2) is 41.0 Å². The van der Waals surface area contributed by atoms with Crippen molar-refractivity contribution < 1.29 is 23.5 Å². The second kappa shape index (κ2) is 7.18. The van der Waals surface area contributed by atoms with E-state index in [1.54, 1.807) is 18.4 Å². The van der Waals surface area contributed by atoms with Crippen LogP contribution in [0.25, 0.3) is 0 Å². The van der Waals surface area contributed by atoms with Gasteiger partial charge in [0.1, 0.15) is 17.2 Å². The molecule has 5 fully saturated rings. The number of amides is 1. The molecule has 1 aromatic heterocycles. The fraction of sp³-hybridized carbons (Fsp3) is 0.682. The van der Waals surface area contributed by atoms with Crippen molar-refractivity contribution in [2.75, 3.05) is 12.4 Å². The summed E-state index contributed by atoms with van der Waals surface area (Å²) in [6, 6.07) is 2.89. The van der Waals surface area contributed by atoms with Gasteiger partial charge in [-0.15, -0.1) is 11.8 Å². The van der Waals surface area contributed by atoms with Gasteiger partial charge >= 0.3 is 5.97 Å². The van der Waals surface area contributed by atoms with Crippen LogP contribution in [0.3, 0.4) is 0 Å². The first kappa shape index (κ1) is 19.2. The summed E-state index contributed by atoms with van der Waals surface area (Å²) in [5, 5.41) is -0.334. The van der Waals surface area contributed by atoms with Gasteiger partial charge in [-0.05, 0) is 68.4 Å². The maximum absolute atomic E-state index is 13.1. The monoisotopic (exact) mass is 417 g/mol. The van der Waals surface area contributed by atoms with Crippen molar-refractivity contribution in [3.05, 3.63) is 24.2 Å². The maximum atomic E-state index is 13.1. The van der Waals surface area contributed by atoms with Crippen molar-refractivity contribution in [1.82, 2.24) is 4.90 Å². The minimum atomic E-state index is -0.684. The van der Waals surface area contributed by atoms with Crippen molar-refractivity contribution in [2.24, 2.45) is 23.2 Å². The van der Waals surface area contributed by atoms with E-state index in [-0.39, 0.29) is 29.1 Å². The first-order valence-corrected chi connectivity index (χ1v) is 11.6. The maximum Gasteiger partial charge on any atom is 0.330 e. The minimum absolute atomic E-state index is 0.0903. The van der Waals surface area contributed by atoms with Crippen molar-refractivity contribution in [3.63, 3.8) is 0 Å². The highest BCUT2D eigenvalue weighted by Crippen LogP contribution is 2.60. The van der Waals surface area contributed by atoms with E-state index in [9.17, 15) is 14.4 Å². The third kappa shape index (κ3) is 3.31. The standard InChI is InChI=1S/C22H27NO5S/c1-13(24)23-17(12-29-20(23)18-3-2-4-27-18)21(26)28-11-19(25)22-8-14-5-15(9-22)7-16(6-14)10-22/h2-4,14-17,20H,5-12H2,1H3/t14?,15?,16?,17-,20-,22?/m1/s1. The fourth-order valence-electron chi connectivity index (χ4n) is 6.56. The predicted molar refractivity (Wildman–Crippen MR) is 107 cm³/mol. The average Bonchev–Trinajstić information content (AvgIpc) is 3.33. The number of carbonyl (C=O) groups is 3. The van der Waals surface area contributed by atoms with E-state index in [1.807, 2.05) is 0 Å². The number of Topliss-reactive ketones (excluding diaryl/α,β-unsaturated/α-hetero) is 1. The zero-order valence-corrected chi connectivity index (χ0v) is 17.5. The number of rotatable bonds is 5. The SMILES string of the molecule is CC(=O)N1[C@@H](C(=O)OCC(=O)C23CC4CC(CC(C4)C2)C3)CS[C@@H]1c1ccco1. The van der Waals surface area contributed by atoms with Crippen LogP contribution >= 0.6 is 11.8 Å². The van der Waals surface area contributed by atoms with E-state index in [1.165, 1.54) is 42.8 Å². The molecule has 7 heteroatoms. The van der Waals surface area contributed by atoms with Gasteiger partial charge in [0.2, 0.25) is 5.91 Å². The van der Waals surface area contributed by atoms with Crippen LogP contribution in [0.5, 0.6) is 0 Å². The Morgan fingerprint density at radius 2 is 1.83 bits per heavy atom. The van der Waals surface area contributed by atoms with Crippen LogP contribution < -0.4 is 0 Å². The van der Waals surface area contributed by atoms with Crippen LogP contribution in [0.4, 0.5) is 0 Å². The number of hydrogen-bond acceptors (Lipinski definition) is 6. The molecular formula is C22H27NO5S. The lowest BCUT2D eigenvalue weighted by molar-refractivity contribution is -0.162. The van der Waals surface area contributed by atoms with Gasteiger partial charge in [-0.1, -0.05) is 0 Å². The topological polar surface area (TPSA) is 76.8 Å². The Kier molecular flexibility index (Phi) is 4.76. The van der Waals surface area contributed by atoms with Crippen LogP contribution in [0, 0.1) is 23.2 Å². The summed E-state index contributed by atoms with van der Waals surface area (Å²) in [6.07, 6.45) is 8.27. The molecule has 0 aromatic carbocycles. The van der Waals surface area contributed by atoms with E-state index in [0.717, 1.165) is 19.3 Å². The Balaban J connectivity index is 1.24. The summed E-state index contributed by atoms with van der Waals surface area (Å²) in [5.41, 5.74) is -0.267. The van der Waals surface area contributed by atoms with Gasteiger partial charge in [-0.25, -0.2) is 4.79 Å². The van der Waals surface area contributed by atoms with E-state index in [2.05, 4.69) is 0 Å². The molecule has 5 aliphatic rings.